The van der Waals surface area contributed by atoms with E-state index < -0.39 is 0 Å². The Hall–Kier alpha value is -0.0705. The predicted molar refractivity (Wildman–Crippen MR) is 30.7 cm³/mol. The Bertz CT molecular complexity index is 140. The molecule has 0 amide bonds. The maximum atomic E-state index is 4.19. The fraction of sp³-hybridized carbons (Fsp3) is 0.400. The van der Waals surface area contributed by atoms with Crippen molar-refractivity contribution in [2.75, 3.05) is 0 Å². The first-order valence-electron chi connectivity index (χ1n) is 2.18. The minimum atomic E-state index is 0.587. The van der Waals surface area contributed by atoms with Crippen molar-refractivity contribution in [2.45, 2.75) is 13.8 Å². The number of nitrogens with zero attached hydrogens (tertiary/aromatic N) is 1. The summed E-state index contributed by atoms with van der Waals surface area (Å²) in [7, 11) is 0. The molecule has 1 aromatic heterocycles. The Morgan fingerprint density at radius 3 is 2.43 bits per heavy atom. The SMILES string of the molecule is Cc1c[se]c(C)n1. The van der Waals surface area contributed by atoms with Crippen LogP contribution in [-0.2, 0) is 0 Å². The maximum absolute atomic E-state index is 4.19. The van der Waals surface area contributed by atoms with Gasteiger partial charge in [-0.3, -0.25) is 0 Å². The number of hydrogen-bond donors (Lipinski definition) is 0. The van der Waals surface area contributed by atoms with Crippen LogP contribution in [0, 0.1) is 13.8 Å². The van der Waals surface area contributed by atoms with E-state index in [0.29, 0.717) is 14.5 Å². The molecule has 0 N–H and O–H groups in total. The first kappa shape index (κ1) is 5.07. The summed E-state index contributed by atoms with van der Waals surface area (Å²) in [5.74, 6) is 0. The molecular formula is C5H7NSe. The average molecular weight is 160 g/mol. The van der Waals surface area contributed by atoms with E-state index in [1.807, 2.05) is 6.92 Å². The fourth-order valence-electron chi connectivity index (χ4n) is 0.472. The predicted octanol–water partition coefficient (Wildman–Crippen LogP) is 0.755. The number of aromatic nitrogens is 1. The van der Waals surface area contributed by atoms with E-state index in [1.54, 1.807) is 0 Å². The first-order valence-corrected chi connectivity index (χ1v) is 4.02. The molecule has 0 saturated carbocycles. The molecule has 0 saturated heterocycles. The normalized spacial score (nSPS) is 9.43. The van der Waals surface area contributed by atoms with Crippen LogP contribution in [0.5, 0.6) is 0 Å². The van der Waals surface area contributed by atoms with Gasteiger partial charge in [-0.25, -0.2) is 0 Å². The molecule has 0 aliphatic carbocycles. The van der Waals surface area contributed by atoms with Crippen molar-refractivity contribution in [2.24, 2.45) is 0 Å². The molecule has 0 aromatic carbocycles. The third kappa shape index (κ3) is 1.15. The second-order valence-corrected chi connectivity index (χ2v) is 3.74. The molecule has 0 aliphatic heterocycles. The van der Waals surface area contributed by atoms with Crippen LogP contribution in [0.4, 0.5) is 0 Å². The van der Waals surface area contributed by atoms with Crippen LogP contribution in [0.1, 0.15) is 10.3 Å². The van der Waals surface area contributed by atoms with Crippen molar-refractivity contribution in [3.05, 3.63) is 15.2 Å². The molecule has 1 aromatic rings. The molecule has 2 heteroatoms. The van der Waals surface area contributed by atoms with E-state index in [2.05, 4.69) is 16.8 Å². The van der Waals surface area contributed by atoms with Gasteiger partial charge in [-0.2, -0.15) is 0 Å². The standard InChI is InChI=1S/C5H7NSe/c1-4-3-7-5(2)6-4/h3H,1-2H3. The Balaban J connectivity index is 3.04. The molecule has 38 valence electrons. The molecule has 7 heavy (non-hydrogen) atoms. The van der Waals surface area contributed by atoms with Crippen LogP contribution >= 0.6 is 0 Å². The van der Waals surface area contributed by atoms with Gasteiger partial charge in [0.25, 0.3) is 0 Å². The number of hydrogen-bond acceptors (Lipinski definition) is 1. The summed E-state index contributed by atoms with van der Waals surface area (Å²) in [6, 6.07) is 0. The van der Waals surface area contributed by atoms with Gasteiger partial charge in [0, 0.05) is 0 Å². The van der Waals surface area contributed by atoms with Crippen molar-refractivity contribution in [1.82, 2.24) is 4.98 Å². The van der Waals surface area contributed by atoms with Gasteiger partial charge in [-0.1, -0.05) is 0 Å². The van der Waals surface area contributed by atoms with Crippen LogP contribution < -0.4 is 0 Å². The van der Waals surface area contributed by atoms with Gasteiger partial charge in [0.05, 0.1) is 0 Å². The zero-order valence-corrected chi connectivity index (χ0v) is 6.15. The molecular weight excluding hydrogens is 153 g/mol. The zero-order valence-electron chi connectivity index (χ0n) is 4.43. The summed E-state index contributed by atoms with van der Waals surface area (Å²) in [4.78, 5) is 6.39. The van der Waals surface area contributed by atoms with E-state index >= 15 is 0 Å². The summed E-state index contributed by atoms with van der Waals surface area (Å²) < 4.78 is 1.30. The van der Waals surface area contributed by atoms with Gasteiger partial charge in [-0.05, 0) is 0 Å². The monoisotopic (exact) mass is 161 g/mol. The molecule has 1 heterocycles. The molecule has 1 nitrogen and oxygen atoms in total. The van der Waals surface area contributed by atoms with Crippen LogP contribution in [-0.4, -0.2) is 19.5 Å². The fourth-order valence-corrected chi connectivity index (χ4v) is 1.71. The Kier molecular flexibility index (Phi) is 1.31. The molecule has 0 aliphatic rings. The third-order valence-corrected chi connectivity index (χ3v) is 2.60. The van der Waals surface area contributed by atoms with Gasteiger partial charge in [0.15, 0.2) is 0 Å². The Morgan fingerprint density at radius 1 is 1.57 bits per heavy atom. The van der Waals surface area contributed by atoms with Crippen molar-refractivity contribution in [1.29, 1.82) is 0 Å². The van der Waals surface area contributed by atoms with Gasteiger partial charge in [-0.15, -0.1) is 0 Å². The molecule has 0 radical (unpaired) electrons. The quantitative estimate of drug-likeness (QED) is 0.510. The van der Waals surface area contributed by atoms with Crippen LogP contribution in [0.3, 0.4) is 0 Å². The topological polar surface area (TPSA) is 12.9 Å². The summed E-state index contributed by atoms with van der Waals surface area (Å²) in [6.45, 7) is 4.12. The minimum absolute atomic E-state index is 0.587. The van der Waals surface area contributed by atoms with E-state index in [9.17, 15) is 0 Å². The van der Waals surface area contributed by atoms with Crippen molar-refractivity contribution < 1.29 is 0 Å². The van der Waals surface area contributed by atoms with Crippen LogP contribution in [0.15, 0.2) is 4.94 Å². The zero-order chi connectivity index (χ0) is 5.28. The van der Waals surface area contributed by atoms with Crippen LogP contribution in [0.2, 0.25) is 0 Å². The second kappa shape index (κ2) is 1.81. The van der Waals surface area contributed by atoms with E-state index in [1.165, 1.54) is 10.3 Å². The van der Waals surface area contributed by atoms with Crippen molar-refractivity contribution in [3.8, 4) is 0 Å². The van der Waals surface area contributed by atoms with Gasteiger partial charge < -0.3 is 0 Å². The summed E-state index contributed by atoms with van der Waals surface area (Å²) in [5.41, 5.74) is 1.19. The molecule has 0 atom stereocenters. The molecule has 0 fully saturated rings. The third-order valence-electron chi connectivity index (χ3n) is 0.734. The van der Waals surface area contributed by atoms with Gasteiger partial charge >= 0.3 is 48.5 Å². The Labute approximate surface area is 49.1 Å². The van der Waals surface area contributed by atoms with Gasteiger partial charge in [0.2, 0.25) is 0 Å². The molecule has 1 rings (SSSR count). The molecule has 0 unspecified atom stereocenters. The van der Waals surface area contributed by atoms with E-state index in [4.69, 9.17) is 0 Å². The van der Waals surface area contributed by atoms with Gasteiger partial charge in [0.1, 0.15) is 0 Å². The van der Waals surface area contributed by atoms with Crippen LogP contribution in [0.25, 0.3) is 0 Å². The number of aryl methyl sites for hydroxylation is 2. The van der Waals surface area contributed by atoms with Crippen molar-refractivity contribution >= 4 is 14.5 Å². The summed E-state index contributed by atoms with van der Waals surface area (Å²) in [6.07, 6.45) is 0. The summed E-state index contributed by atoms with van der Waals surface area (Å²) in [5, 5.41) is 0. The second-order valence-electron chi connectivity index (χ2n) is 1.51. The van der Waals surface area contributed by atoms with E-state index in [0.717, 1.165) is 0 Å². The Morgan fingerprint density at radius 2 is 2.29 bits per heavy atom. The number of rotatable bonds is 0. The van der Waals surface area contributed by atoms with Crippen molar-refractivity contribution in [3.63, 3.8) is 0 Å². The first-order chi connectivity index (χ1) is 3.29. The molecule has 0 spiro atoms. The van der Waals surface area contributed by atoms with E-state index in [-0.39, 0.29) is 0 Å². The molecule has 0 bridgehead atoms. The average Bonchev–Trinajstić information content (AvgIpc) is 1.87. The summed E-state index contributed by atoms with van der Waals surface area (Å²) >= 11 is 0.587.